The Hall–Kier alpha value is -1.69. The van der Waals surface area contributed by atoms with Crippen LogP contribution in [0, 0.1) is 17.8 Å². The molecule has 0 aromatic rings. The summed E-state index contributed by atoms with van der Waals surface area (Å²) in [6, 6.07) is 0. The summed E-state index contributed by atoms with van der Waals surface area (Å²) >= 11 is 0. The molecule has 0 aliphatic heterocycles. The van der Waals surface area contributed by atoms with Gasteiger partial charge in [0.25, 0.3) is 0 Å². The molecule has 1 N–H and O–H groups in total. The second kappa shape index (κ2) is 8.24. The van der Waals surface area contributed by atoms with Crippen LogP contribution >= 0.6 is 0 Å². The van der Waals surface area contributed by atoms with Gasteiger partial charge in [-0.15, -0.1) is 0 Å². The van der Waals surface area contributed by atoms with E-state index >= 15 is 0 Å². The van der Waals surface area contributed by atoms with Crippen molar-refractivity contribution in [2.24, 2.45) is 17.8 Å². The summed E-state index contributed by atoms with van der Waals surface area (Å²) in [5, 5.41) is 9.37. The number of aliphatic hydroxyl groups excluding tert-OH is 1. The zero-order chi connectivity index (χ0) is 17.7. The monoisotopic (exact) mass is 326 g/mol. The third kappa shape index (κ3) is 5.16. The molecule has 0 saturated carbocycles. The first-order chi connectivity index (χ1) is 10.7. The lowest BCUT2D eigenvalue weighted by Crippen LogP contribution is -2.48. The SMILES string of the molecule is CC(=O)O[C@H]1C=C(CO)C(=O)[C@@H](OC(=O)CC(C)C)[C@@H]1C(C)C. The molecule has 1 rings (SSSR count). The quantitative estimate of drug-likeness (QED) is 0.747. The summed E-state index contributed by atoms with van der Waals surface area (Å²) in [6.45, 7) is 8.29. The highest BCUT2D eigenvalue weighted by Gasteiger charge is 2.44. The maximum atomic E-state index is 12.5. The van der Waals surface area contributed by atoms with Gasteiger partial charge in [0.2, 0.25) is 5.78 Å². The fourth-order valence-electron chi connectivity index (χ4n) is 2.74. The predicted molar refractivity (Wildman–Crippen MR) is 83.4 cm³/mol. The van der Waals surface area contributed by atoms with Gasteiger partial charge in [-0.3, -0.25) is 14.4 Å². The van der Waals surface area contributed by atoms with E-state index in [9.17, 15) is 19.5 Å². The molecule has 0 aromatic heterocycles. The molecule has 0 radical (unpaired) electrons. The summed E-state index contributed by atoms with van der Waals surface area (Å²) in [7, 11) is 0. The van der Waals surface area contributed by atoms with E-state index < -0.39 is 42.5 Å². The van der Waals surface area contributed by atoms with Crippen molar-refractivity contribution in [2.45, 2.75) is 53.2 Å². The summed E-state index contributed by atoms with van der Waals surface area (Å²) in [6.07, 6.45) is -0.0893. The molecule has 0 heterocycles. The minimum Gasteiger partial charge on any atom is -0.458 e. The van der Waals surface area contributed by atoms with Crippen LogP contribution in [0.2, 0.25) is 0 Å². The molecule has 0 unspecified atom stereocenters. The van der Waals surface area contributed by atoms with E-state index in [-0.39, 0.29) is 23.8 Å². The van der Waals surface area contributed by atoms with Gasteiger partial charge >= 0.3 is 11.9 Å². The van der Waals surface area contributed by atoms with Gasteiger partial charge in [0.1, 0.15) is 6.10 Å². The van der Waals surface area contributed by atoms with E-state index in [1.54, 1.807) is 0 Å². The molecular formula is C17H26O6. The molecule has 3 atom stereocenters. The normalized spacial score (nSPS) is 24.6. The molecule has 0 saturated heterocycles. The van der Waals surface area contributed by atoms with Crippen molar-refractivity contribution in [3.63, 3.8) is 0 Å². The second-order valence-electron chi connectivity index (χ2n) is 6.62. The van der Waals surface area contributed by atoms with E-state index in [4.69, 9.17) is 9.47 Å². The number of rotatable bonds is 6. The largest absolute Gasteiger partial charge is 0.458 e. The summed E-state index contributed by atoms with van der Waals surface area (Å²) < 4.78 is 10.7. The molecule has 23 heavy (non-hydrogen) atoms. The Labute approximate surface area is 136 Å². The Bertz CT molecular complexity index is 491. The fraction of sp³-hybridized carbons (Fsp3) is 0.706. The first kappa shape index (κ1) is 19.4. The summed E-state index contributed by atoms with van der Waals surface area (Å²) in [4.78, 5) is 35.8. The molecule has 0 bridgehead atoms. The molecule has 0 fully saturated rings. The first-order valence-electron chi connectivity index (χ1n) is 7.89. The van der Waals surface area contributed by atoms with Crippen LogP contribution in [-0.2, 0) is 23.9 Å². The standard InChI is InChI=1S/C17H26O6/c1-9(2)6-14(20)23-17-15(10(3)4)13(22-11(5)19)7-12(8-18)16(17)21/h7,9-10,13,15,17-18H,6,8H2,1-5H3/t13-,15+,17-/m0/s1. The van der Waals surface area contributed by atoms with E-state index in [0.29, 0.717) is 0 Å². The first-order valence-corrected chi connectivity index (χ1v) is 7.89. The molecule has 0 amide bonds. The number of carbonyl (C=O) groups is 3. The number of carbonyl (C=O) groups excluding carboxylic acids is 3. The molecule has 1 aliphatic rings. The lowest BCUT2D eigenvalue weighted by atomic mass is 9.77. The molecule has 1 aliphatic carbocycles. The van der Waals surface area contributed by atoms with Crippen molar-refractivity contribution in [3.05, 3.63) is 11.6 Å². The van der Waals surface area contributed by atoms with Crippen LogP contribution < -0.4 is 0 Å². The summed E-state index contributed by atoms with van der Waals surface area (Å²) in [5.41, 5.74) is 0.107. The highest BCUT2D eigenvalue weighted by molar-refractivity contribution is 6.01. The summed E-state index contributed by atoms with van der Waals surface area (Å²) in [5.74, 6) is -1.81. The average molecular weight is 326 g/mol. The Kier molecular flexibility index (Phi) is 6.94. The van der Waals surface area contributed by atoms with E-state index in [0.717, 1.165) is 0 Å². The van der Waals surface area contributed by atoms with Crippen molar-refractivity contribution in [3.8, 4) is 0 Å². The van der Waals surface area contributed by atoms with E-state index in [2.05, 4.69) is 0 Å². The zero-order valence-corrected chi connectivity index (χ0v) is 14.4. The number of ether oxygens (including phenoxy) is 2. The number of aliphatic hydroxyl groups is 1. The van der Waals surface area contributed by atoms with Crippen LogP contribution in [-0.4, -0.2) is 41.6 Å². The Morgan fingerprint density at radius 2 is 1.83 bits per heavy atom. The van der Waals surface area contributed by atoms with E-state index in [1.165, 1.54) is 13.0 Å². The average Bonchev–Trinajstić information content (AvgIpc) is 2.40. The van der Waals surface area contributed by atoms with Crippen LogP contribution in [0.15, 0.2) is 11.6 Å². The van der Waals surface area contributed by atoms with Crippen molar-refractivity contribution in [2.75, 3.05) is 6.61 Å². The number of esters is 2. The highest BCUT2D eigenvalue weighted by atomic mass is 16.6. The van der Waals surface area contributed by atoms with Gasteiger partial charge in [0.15, 0.2) is 6.10 Å². The third-order valence-electron chi connectivity index (χ3n) is 3.74. The Balaban J connectivity index is 3.12. The van der Waals surface area contributed by atoms with Gasteiger partial charge < -0.3 is 14.6 Å². The van der Waals surface area contributed by atoms with Gasteiger partial charge in [-0.25, -0.2) is 0 Å². The number of hydrogen-bond donors (Lipinski definition) is 1. The van der Waals surface area contributed by atoms with Crippen molar-refractivity contribution < 1.29 is 29.0 Å². The molecule has 0 aromatic carbocycles. The van der Waals surface area contributed by atoms with Gasteiger partial charge in [-0.2, -0.15) is 0 Å². The molecule has 130 valence electrons. The molecular weight excluding hydrogens is 300 g/mol. The number of Topliss-reactive ketones (excluding diaryl/α,β-unsaturated/α-hetero) is 1. The maximum Gasteiger partial charge on any atom is 0.306 e. The number of ketones is 1. The minimum atomic E-state index is -1.04. The van der Waals surface area contributed by atoms with Gasteiger partial charge in [0, 0.05) is 24.8 Å². The van der Waals surface area contributed by atoms with E-state index in [1.807, 2.05) is 27.7 Å². The fourth-order valence-corrected chi connectivity index (χ4v) is 2.74. The smallest absolute Gasteiger partial charge is 0.306 e. The van der Waals surface area contributed by atoms with Crippen LogP contribution in [0.1, 0.15) is 41.0 Å². The van der Waals surface area contributed by atoms with Gasteiger partial charge in [-0.05, 0) is 17.9 Å². The van der Waals surface area contributed by atoms with Crippen molar-refractivity contribution in [1.29, 1.82) is 0 Å². The van der Waals surface area contributed by atoms with Crippen molar-refractivity contribution in [1.82, 2.24) is 0 Å². The zero-order valence-electron chi connectivity index (χ0n) is 14.4. The Morgan fingerprint density at radius 1 is 1.22 bits per heavy atom. The second-order valence-corrected chi connectivity index (χ2v) is 6.62. The highest BCUT2D eigenvalue weighted by Crippen LogP contribution is 2.32. The lowest BCUT2D eigenvalue weighted by Gasteiger charge is -2.37. The maximum absolute atomic E-state index is 12.5. The van der Waals surface area contributed by atoms with Crippen molar-refractivity contribution >= 4 is 17.7 Å². The van der Waals surface area contributed by atoms with Gasteiger partial charge in [0.05, 0.1) is 6.61 Å². The van der Waals surface area contributed by atoms with Crippen LogP contribution in [0.4, 0.5) is 0 Å². The van der Waals surface area contributed by atoms with Crippen LogP contribution in [0.3, 0.4) is 0 Å². The topological polar surface area (TPSA) is 89.9 Å². The molecule has 0 spiro atoms. The lowest BCUT2D eigenvalue weighted by molar-refractivity contribution is -0.167. The Morgan fingerprint density at radius 3 is 2.26 bits per heavy atom. The van der Waals surface area contributed by atoms with Gasteiger partial charge in [-0.1, -0.05) is 27.7 Å². The van der Waals surface area contributed by atoms with Crippen LogP contribution in [0.5, 0.6) is 0 Å². The van der Waals surface area contributed by atoms with Crippen LogP contribution in [0.25, 0.3) is 0 Å². The number of hydrogen-bond acceptors (Lipinski definition) is 6. The molecule has 6 nitrogen and oxygen atoms in total. The predicted octanol–water partition coefficient (Wildman–Crippen LogP) is 1.65. The molecule has 6 heteroatoms. The minimum absolute atomic E-state index is 0.0587. The third-order valence-corrected chi connectivity index (χ3v) is 3.74.